The van der Waals surface area contributed by atoms with Crippen molar-refractivity contribution < 1.29 is 0 Å². The van der Waals surface area contributed by atoms with E-state index < -0.39 is 0 Å². The van der Waals surface area contributed by atoms with Crippen LogP contribution in [-0.2, 0) is 0 Å². The number of aryl methyl sites for hydroxylation is 2. The summed E-state index contributed by atoms with van der Waals surface area (Å²) in [5.41, 5.74) is 6.15. The quantitative estimate of drug-likeness (QED) is 0.465. The number of rotatable bonds is 3. The van der Waals surface area contributed by atoms with Gasteiger partial charge in [0.1, 0.15) is 0 Å². The molecular weight excluding hydrogens is 342 g/mol. The number of fused-ring (bicyclic) bond motifs is 1. The van der Waals surface area contributed by atoms with Gasteiger partial charge in [-0.1, -0.05) is 59.6 Å². The van der Waals surface area contributed by atoms with E-state index in [1.54, 1.807) is 0 Å². The van der Waals surface area contributed by atoms with E-state index >= 15 is 0 Å². The molecule has 0 aliphatic carbocycles. The minimum Gasteiger partial charge on any atom is -0.324 e. The molecule has 4 rings (SSSR count). The monoisotopic (exact) mass is 359 g/mol. The smallest absolute Gasteiger partial charge is 0.228 e. The lowest BCUT2D eigenvalue weighted by atomic mass is 10.1. The van der Waals surface area contributed by atoms with E-state index in [9.17, 15) is 0 Å². The van der Waals surface area contributed by atoms with E-state index in [2.05, 4.69) is 42.3 Å². The number of benzene rings is 3. The standard InChI is InChI=1S/C22H18ClN3/c1-14-8-10-19(15(2)12-14)24-22-25-20-11-9-17(23)13-18(20)21(26-22)16-6-4-3-5-7-16/h3-13H,1-2H3,(H,24,25,26). The van der Waals surface area contributed by atoms with Gasteiger partial charge in [-0.25, -0.2) is 9.97 Å². The van der Waals surface area contributed by atoms with Gasteiger partial charge in [-0.05, 0) is 43.7 Å². The van der Waals surface area contributed by atoms with Crippen LogP contribution in [0.3, 0.4) is 0 Å². The van der Waals surface area contributed by atoms with Crippen molar-refractivity contribution in [3.63, 3.8) is 0 Å². The zero-order valence-corrected chi connectivity index (χ0v) is 15.4. The Bertz CT molecular complexity index is 1090. The van der Waals surface area contributed by atoms with E-state index in [4.69, 9.17) is 16.6 Å². The normalized spacial score (nSPS) is 10.9. The molecule has 0 aliphatic rings. The SMILES string of the molecule is Cc1ccc(Nc2nc(-c3ccccc3)c3cc(Cl)ccc3n2)c(C)c1. The van der Waals surface area contributed by atoms with Crippen LogP contribution >= 0.6 is 11.6 Å². The number of anilines is 2. The number of halogens is 1. The zero-order chi connectivity index (χ0) is 18.1. The van der Waals surface area contributed by atoms with Crippen LogP contribution in [0.15, 0.2) is 66.7 Å². The Morgan fingerprint density at radius 1 is 0.846 bits per heavy atom. The minimum atomic E-state index is 0.575. The van der Waals surface area contributed by atoms with E-state index in [0.717, 1.165) is 33.4 Å². The second-order valence-corrected chi connectivity index (χ2v) is 6.80. The van der Waals surface area contributed by atoms with Gasteiger partial charge < -0.3 is 5.32 Å². The first-order valence-corrected chi connectivity index (χ1v) is 8.85. The van der Waals surface area contributed by atoms with Crippen molar-refractivity contribution >= 4 is 34.1 Å². The number of aromatic nitrogens is 2. The number of hydrogen-bond donors (Lipinski definition) is 1. The predicted octanol–water partition coefficient (Wildman–Crippen LogP) is 6.31. The van der Waals surface area contributed by atoms with Gasteiger partial charge in [0.2, 0.25) is 5.95 Å². The fraction of sp³-hybridized carbons (Fsp3) is 0.0909. The summed E-state index contributed by atoms with van der Waals surface area (Å²) in [5.74, 6) is 0.575. The highest BCUT2D eigenvalue weighted by atomic mass is 35.5. The predicted molar refractivity (Wildman–Crippen MR) is 109 cm³/mol. The minimum absolute atomic E-state index is 0.575. The molecule has 0 bridgehead atoms. The highest BCUT2D eigenvalue weighted by Gasteiger charge is 2.11. The molecule has 0 saturated heterocycles. The van der Waals surface area contributed by atoms with E-state index in [0.29, 0.717) is 11.0 Å². The van der Waals surface area contributed by atoms with E-state index in [-0.39, 0.29) is 0 Å². The molecule has 1 heterocycles. The highest BCUT2D eigenvalue weighted by Crippen LogP contribution is 2.30. The third-order valence-electron chi connectivity index (χ3n) is 4.33. The number of hydrogen-bond acceptors (Lipinski definition) is 3. The third-order valence-corrected chi connectivity index (χ3v) is 4.57. The van der Waals surface area contributed by atoms with Crippen LogP contribution in [0.5, 0.6) is 0 Å². The second-order valence-electron chi connectivity index (χ2n) is 6.37. The van der Waals surface area contributed by atoms with Crippen LogP contribution in [0, 0.1) is 13.8 Å². The highest BCUT2D eigenvalue weighted by molar-refractivity contribution is 6.31. The van der Waals surface area contributed by atoms with Crippen molar-refractivity contribution in [1.29, 1.82) is 0 Å². The maximum atomic E-state index is 6.21. The summed E-state index contributed by atoms with van der Waals surface area (Å²) in [4.78, 5) is 9.47. The molecule has 0 fully saturated rings. The van der Waals surface area contributed by atoms with Gasteiger partial charge in [-0.2, -0.15) is 0 Å². The second kappa shape index (κ2) is 6.77. The largest absolute Gasteiger partial charge is 0.324 e. The van der Waals surface area contributed by atoms with Gasteiger partial charge in [0.15, 0.2) is 0 Å². The Balaban J connectivity index is 1.87. The Hall–Kier alpha value is -2.91. The van der Waals surface area contributed by atoms with Gasteiger partial charge in [0, 0.05) is 21.7 Å². The molecule has 0 saturated carbocycles. The van der Waals surface area contributed by atoms with Crippen molar-refractivity contribution in [3.05, 3.63) is 82.9 Å². The molecule has 0 atom stereocenters. The third kappa shape index (κ3) is 3.26. The zero-order valence-electron chi connectivity index (χ0n) is 14.6. The first-order chi connectivity index (χ1) is 12.6. The van der Waals surface area contributed by atoms with E-state index in [1.807, 2.05) is 48.5 Å². The van der Waals surface area contributed by atoms with Crippen molar-refractivity contribution in [2.24, 2.45) is 0 Å². The van der Waals surface area contributed by atoms with Crippen LogP contribution in [0.4, 0.5) is 11.6 Å². The molecule has 4 aromatic rings. The van der Waals surface area contributed by atoms with Crippen molar-refractivity contribution in [2.45, 2.75) is 13.8 Å². The molecule has 0 amide bonds. The van der Waals surface area contributed by atoms with Crippen LogP contribution in [0.2, 0.25) is 5.02 Å². The summed E-state index contributed by atoms with van der Waals surface area (Å²) >= 11 is 6.21. The van der Waals surface area contributed by atoms with Crippen molar-refractivity contribution in [1.82, 2.24) is 9.97 Å². The summed E-state index contributed by atoms with van der Waals surface area (Å²) in [6.07, 6.45) is 0. The molecule has 3 nitrogen and oxygen atoms in total. The number of nitrogens with one attached hydrogen (secondary N) is 1. The van der Waals surface area contributed by atoms with E-state index in [1.165, 1.54) is 5.56 Å². The average molecular weight is 360 g/mol. The van der Waals surface area contributed by atoms with Crippen molar-refractivity contribution in [2.75, 3.05) is 5.32 Å². The van der Waals surface area contributed by atoms with Gasteiger partial charge in [-0.15, -0.1) is 0 Å². The molecule has 26 heavy (non-hydrogen) atoms. The lowest BCUT2D eigenvalue weighted by Crippen LogP contribution is -2.01. The molecule has 3 aromatic carbocycles. The molecule has 4 heteroatoms. The maximum Gasteiger partial charge on any atom is 0.228 e. The van der Waals surface area contributed by atoms with Crippen molar-refractivity contribution in [3.8, 4) is 11.3 Å². The molecule has 0 spiro atoms. The van der Waals surface area contributed by atoms with Gasteiger partial charge in [-0.3, -0.25) is 0 Å². The molecule has 0 radical (unpaired) electrons. The summed E-state index contributed by atoms with van der Waals surface area (Å²) in [5, 5.41) is 4.98. The fourth-order valence-corrected chi connectivity index (χ4v) is 3.22. The summed E-state index contributed by atoms with van der Waals surface area (Å²) in [6, 6.07) is 22.1. The van der Waals surface area contributed by atoms with Gasteiger partial charge in [0.05, 0.1) is 11.2 Å². The fourth-order valence-electron chi connectivity index (χ4n) is 3.05. The first kappa shape index (κ1) is 16.6. The summed E-state index contributed by atoms with van der Waals surface area (Å²) in [6.45, 7) is 4.16. The summed E-state index contributed by atoms with van der Waals surface area (Å²) < 4.78 is 0. The van der Waals surface area contributed by atoms with Crippen LogP contribution in [0.1, 0.15) is 11.1 Å². The lowest BCUT2D eigenvalue weighted by molar-refractivity contribution is 1.21. The Kier molecular flexibility index (Phi) is 4.31. The maximum absolute atomic E-state index is 6.21. The lowest BCUT2D eigenvalue weighted by Gasteiger charge is -2.12. The molecule has 128 valence electrons. The van der Waals surface area contributed by atoms with Crippen LogP contribution < -0.4 is 5.32 Å². The molecule has 0 unspecified atom stereocenters. The Morgan fingerprint density at radius 3 is 2.42 bits per heavy atom. The Morgan fingerprint density at radius 2 is 1.65 bits per heavy atom. The number of nitrogens with zero attached hydrogens (tertiary/aromatic N) is 2. The van der Waals surface area contributed by atoms with Gasteiger partial charge >= 0.3 is 0 Å². The summed E-state index contributed by atoms with van der Waals surface area (Å²) in [7, 11) is 0. The van der Waals surface area contributed by atoms with Crippen LogP contribution in [-0.4, -0.2) is 9.97 Å². The van der Waals surface area contributed by atoms with Crippen LogP contribution in [0.25, 0.3) is 22.2 Å². The molecule has 1 N–H and O–H groups in total. The average Bonchev–Trinajstić information content (AvgIpc) is 2.64. The topological polar surface area (TPSA) is 37.8 Å². The first-order valence-electron chi connectivity index (χ1n) is 8.47. The molecule has 0 aliphatic heterocycles. The Labute approximate surface area is 157 Å². The van der Waals surface area contributed by atoms with Gasteiger partial charge in [0.25, 0.3) is 0 Å². The molecule has 1 aromatic heterocycles. The molecular formula is C22H18ClN3.